The smallest absolute Gasteiger partial charge is 0.252 e. The van der Waals surface area contributed by atoms with Crippen LogP contribution >= 0.6 is 11.3 Å². The van der Waals surface area contributed by atoms with Gasteiger partial charge in [-0.3, -0.25) is 4.98 Å². The van der Waals surface area contributed by atoms with E-state index in [1.807, 2.05) is 0 Å². The first-order chi connectivity index (χ1) is 12.1. The van der Waals surface area contributed by atoms with Crippen LogP contribution in [0.3, 0.4) is 0 Å². The quantitative estimate of drug-likeness (QED) is 0.686. The molecule has 0 N–H and O–H groups in total. The van der Waals surface area contributed by atoms with Gasteiger partial charge in [0.05, 0.1) is 6.20 Å². The van der Waals surface area contributed by atoms with E-state index in [-0.39, 0.29) is 5.92 Å². The minimum Gasteiger partial charge on any atom is -0.339 e. The van der Waals surface area contributed by atoms with Gasteiger partial charge in [0, 0.05) is 31.4 Å². The van der Waals surface area contributed by atoms with Gasteiger partial charge in [0.25, 0.3) is 10.0 Å². The molecule has 130 valence electrons. The number of rotatable bonds is 4. The molecule has 1 aliphatic heterocycles. The fraction of sp³-hybridized carbons (Fsp3) is 0.333. The lowest BCUT2D eigenvalue weighted by atomic mass is 9.98. The van der Waals surface area contributed by atoms with Gasteiger partial charge in [0.2, 0.25) is 11.7 Å². The average molecular weight is 377 g/mol. The van der Waals surface area contributed by atoms with E-state index in [9.17, 15) is 8.42 Å². The van der Waals surface area contributed by atoms with Crippen LogP contribution in [0.5, 0.6) is 0 Å². The van der Waals surface area contributed by atoms with Gasteiger partial charge >= 0.3 is 0 Å². The van der Waals surface area contributed by atoms with Crippen molar-refractivity contribution in [2.24, 2.45) is 0 Å². The van der Waals surface area contributed by atoms with Crippen LogP contribution in [0.25, 0.3) is 11.5 Å². The van der Waals surface area contributed by atoms with Crippen molar-refractivity contribution in [2.45, 2.75) is 23.0 Å². The van der Waals surface area contributed by atoms with Crippen LogP contribution in [-0.4, -0.2) is 45.9 Å². The Kier molecular flexibility index (Phi) is 4.32. The highest BCUT2D eigenvalue weighted by molar-refractivity contribution is 7.91. The van der Waals surface area contributed by atoms with Crippen molar-refractivity contribution < 1.29 is 12.9 Å². The number of sulfonamides is 1. The van der Waals surface area contributed by atoms with Crippen LogP contribution in [0.2, 0.25) is 0 Å². The average Bonchev–Trinajstić information content (AvgIpc) is 3.35. The zero-order valence-electron chi connectivity index (χ0n) is 13.1. The summed E-state index contributed by atoms with van der Waals surface area (Å²) in [6, 6.07) is 3.38. The van der Waals surface area contributed by atoms with E-state index in [0.717, 1.165) is 0 Å². The molecule has 3 aromatic heterocycles. The SMILES string of the molecule is O=S(=O)(c1cccs1)N1CCC(c2nc(-c3cnccn3)no2)CC1. The van der Waals surface area contributed by atoms with Gasteiger partial charge in [-0.05, 0) is 24.3 Å². The number of nitrogens with zero attached hydrogens (tertiary/aromatic N) is 5. The Morgan fingerprint density at radius 3 is 2.76 bits per heavy atom. The third-order valence-corrected chi connectivity index (χ3v) is 7.40. The number of thiophene rings is 1. The van der Waals surface area contributed by atoms with Gasteiger partial charge in [0.1, 0.15) is 9.90 Å². The Hall–Kier alpha value is -2.17. The van der Waals surface area contributed by atoms with Crippen LogP contribution in [0.1, 0.15) is 24.7 Å². The fourth-order valence-electron chi connectivity index (χ4n) is 2.80. The molecule has 0 spiro atoms. The summed E-state index contributed by atoms with van der Waals surface area (Å²) < 4.78 is 32.4. The zero-order valence-corrected chi connectivity index (χ0v) is 14.8. The molecule has 4 rings (SSSR count). The summed E-state index contributed by atoms with van der Waals surface area (Å²) in [6.45, 7) is 0.876. The van der Waals surface area contributed by atoms with Gasteiger partial charge in [0.15, 0.2) is 0 Å². The van der Waals surface area contributed by atoms with Crippen molar-refractivity contribution >= 4 is 21.4 Å². The van der Waals surface area contributed by atoms with Gasteiger partial charge < -0.3 is 4.52 Å². The van der Waals surface area contributed by atoms with E-state index >= 15 is 0 Å². The monoisotopic (exact) mass is 377 g/mol. The molecule has 10 heteroatoms. The van der Waals surface area contributed by atoms with Crippen molar-refractivity contribution in [3.8, 4) is 11.5 Å². The zero-order chi connectivity index (χ0) is 17.3. The summed E-state index contributed by atoms with van der Waals surface area (Å²) in [5.41, 5.74) is 0.551. The van der Waals surface area contributed by atoms with E-state index in [0.29, 0.717) is 47.5 Å². The van der Waals surface area contributed by atoms with Crippen molar-refractivity contribution in [3.05, 3.63) is 42.0 Å². The number of aromatic nitrogens is 4. The topological polar surface area (TPSA) is 102 Å². The molecule has 1 saturated heterocycles. The third-order valence-electron chi connectivity index (χ3n) is 4.13. The summed E-state index contributed by atoms with van der Waals surface area (Å²) in [4.78, 5) is 12.5. The summed E-state index contributed by atoms with van der Waals surface area (Å²) in [5, 5.41) is 5.72. The number of hydrogen-bond donors (Lipinski definition) is 0. The standard InChI is InChI=1S/C15H15N5O3S2/c21-25(22,13-2-1-9-24-13)20-7-3-11(4-8-20)15-18-14(19-23-15)12-10-16-5-6-17-12/h1-2,5-6,9-11H,3-4,7-8H2. The van der Waals surface area contributed by atoms with Crippen LogP contribution in [0.15, 0.2) is 44.8 Å². The molecule has 1 aliphatic rings. The fourth-order valence-corrected chi connectivity index (χ4v) is 5.41. The molecule has 25 heavy (non-hydrogen) atoms. The molecule has 0 aromatic carbocycles. The van der Waals surface area contributed by atoms with E-state index in [1.165, 1.54) is 15.6 Å². The van der Waals surface area contributed by atoms with E-state index < -0.39 is 10.0 Å². The van der Waals surface area contributed by atoms with Crippen molar-refractivity contribution in [1.82, 2.24) is 24.4 Å². The first-order valence-corrected chi connectivity index (χ1v) is 10.1. The summed E-state index contributed by atoms with van der Waals surface area (Å²) in [5.74, 6) is 0.971. The molecule has 1 fully saturated rings. The van der Waals surface area contributed by atoms with Crippen molar-refractivity contribution in [1.29, 1.82) is 0 Å². The molecule has 0 radical (unpaired) electrons. The highest BCUT2D eigenvalue weighted by Crippen LogP contribution is 2.31. The first kappa shape index (κ1) is 16.3. The Balaban J connectivity index is 1.45. The molecule has 0 bridgehead atoms. The maximum Gasteiger partial charge on any atom is 0.252 e. The highest BCUT2D eigenvalue weighted by atomic mass is 32.2. The van der Waals surface area contributed by atoms with Crippen LogP contribution in [0, 0.1) is 0 Å². The predicted octanol–water partition coefficient (Wildman–Crippen LogP) is 2.16. The number of hydrogen-bond acceptors (Lipinski definition) is 8. The molecule has 3 aromatic rings. The molecular weight excluding hydrogens is 362 g/mol. The molecular formula is C15H15N5O3S2. The molecule has 0 aliphatic carbocycles. The maximum atomic E-state index is 12.6. The Morgan fingerprint density at radius 2 is 2.08 bits per heavy atom. The second-order valence-corrected chi connectivity index (χ2v) is 8.77. The first-order valence-electron chi connectivity index (χ1n) is 7.78. The minimum absolute atomic E-state index is 0.0488. The van der Waals surface area contributed by atoms with Crippen LogP contribution < -0.4 is 0 Å². The summed E-state index contributed by atoms with van der Waals surface area (Å²) in [7, 11) is -3.40. The summed E-state index contributed by atoms with van der Waals surface area (Å²) in [6.07, 6.45) is 6.01. The molecule has 0 saturated carbocycles. The highest BCUT2D eigenvalue weighted by Gasteiger charge is 2.32. The minimum atomic E-state index is -3.40. The second-order valence-electron chi connectivity index (χ2n) is 5.66. The molecule has 0 amide bonds. The lowest BCUT2D eigenvalue weighted by Gasteiger charge is -2.29. The largest absolute Gasteiger partial charge is 0.339 e. The summed E-state index contributed by atoms with van der Waals surface area (Å²) >= 11 is 1.24. The molecule has 8 nitrogen and oxygen atoms in total. The lowest BCUT2D eigenvalue weighted by Crippen LogP contribution is -2.37. The molecule has 4 heterocycles. The molecule has 0 atom stereocenters. The number of piperidine rings is 1. The normalized spacial score (nSPS) is 17.0. The maximum absolute atomic E-state index is 12.6. The van der Waals surface area contributed by atoms with Crippen molar-refractivity contribution in [3.63, 3.8) is 0 Å². The van der Waals surface area contributed by atoms with E-state index in [4.69, 9.17) is 4.52 Å². The van der Waals surface area contributed by atoms with Gasteiger partial charge in [-0.2, -0.15) is 9.29 Å². The lowest BCUT2D eigenvalue weighted by molar-refractivity contribution is 0.271. The molecule has 0 unspecified atom stereocenters. The van der Waals surface area contributed by atoms with Crippen LogP contribution in [-0.2, 0) is 10.0 Å². The third kappa shape index (κ3) is 3.20. The van der Waals surface area contributed by atoms with Gasteiger partial charge in [-0.1, -0.05) is 11.2 Å². The van der Waals surface area contributed by atoms with E-state index in [1.54, 1.807) is 36.1 Å². The Labute approximate surface area is 148 Å². The van der Waals surface area contributed by atoms with E-state index in [2.05, 4.69) is 20.1 Å². The van der Waals surface area contributed by atoms with Crippen LogP contribution in [0.4, 0.5) is 0 Å². The van der Waals surface area contributed by atoms with Crippen molar-refractivity contribution in [2.75, 3.05) is 13.1 Å². The Morgan fingerprint density at radius 1 is 1.24 bits per heavy atom. The second kappa shape index (κ2) is 6.62. The Bertz CT molecular complexity index is 933. The van der Waals surface area contributed by atoms with Gasteiger partial charge in [-0.25, -0.2) is 13.4 Å². The van der Waals surface area contributed by atoms with Gasteiger partial charge in [-0.15, -0.1) is 11.3 Å². The predicted molar refractivity (Wildman–Crippen MR) is 90.4 cm³/mol.